The normalized spacial score (nSPS) is 25.8. The molecule has 0 saturated carbocycles. The van der Waals surface area contributed by atoms with Gasteiger partial charge in [-0.3, -0.25) is 13.9 Å². The van der Waals surface area contributed by atoms with Crippen LogP contribution < -0.4 is 14.5 Å². The molecular formula is C28H37ClFN6O7P. The number of para-hydroxylation sites is 1. The average molecular weight is 655 g/mol. The molecule has 6 atom stereocenters. The molecule has 240 valence electrons. The van der Waals surface area contributed by atoms with Crippen molar-refractivity contribution in [3.63, 3.8) is 0 Å². The van der Waals surface area contributed by atoms with E-state index in [0.29, 0.717) is 22.8 Å². The number of anilines is 1. The third-order valence-electron chi connectivity index (χ3n) is 7.39. The summed E-state index contributed by atoms with van der Waals surface area (Å²) < 4.78 is 54.0. The molecule has 5 rings (SSSR count). The molecule has 2 aliphatic rings. The number of aryl methyl sites for hydroxylation is 1. The van der Waals surface area contributed by atoms with Crippen LogP contribution in [0, 0.1) is 6.92 Å². The lowest BCUT2D eigenvalue weighted by molar-refractivity contribution is -0.149. The van der Waals surface area contributed by atoms with Crippen molar-refractivity contribution in [1.82, 2.24) is 24.6 Å². The summed E-state index contributed by atoms with van der Waals surface area (Å²) in [6, 6.07) is 7.04. The first-order chi connectivity index (χ1) is 20.9. The van der Waals surface area contributed by atoms with Crippen LogP contribution in [0.1, 0.15) is 45.7 Å². The Balaban J connectivity index is 1.41. The summed E-state index contributed by atoms with van der Waals surface area (Å²) in [4.78, 5) is 28.1. The number of aromatic nitrogens is 4. The quantitative estimate of drug-likeness (QED) is 0.165. The highest BCUT2D eigenvalue weighted by Crippen LogP contribution is 2.49. The van der Waals surface area contributed by atoms with Gasteiger partial charge in [0.2, 0.25) is 0 Å². The van der Waals surface area contributed by atoms with Crippen molar-refractivity contribution in [1.29, 1.82) is 0 Å². The maximum atomic E-state index is 15.9. The fraction of sp³-hybridized carbons (Fsp3) is 0.571. The SMILES string of the molecule is Cc1nc(N2CCCC2)c2ncn([C@@H]3O[C@](CCl)(COP(=O)(N[C@@H](C)C(=O)OC(C)C)Oc4ccccc4)[C@@H](O)[C@H]3F)c2n1. The van der Waals surface area contributed by atoms with Gasteiger partial charge in [-0.15, -0.1) is 11.6 Å². The molecule has 13 nitrogen and oxygen atoms in total. The Morgan fingerprint density at radius 2 is 1.95 bits per heavy atom. The van der Waals surface area contributed by atoms with E-state index in [-0.39, 0.29) is 5.75 Å². The second-order valence-electron chi connectivity index (χ2n) is 11.2. The molecule has 3 aromatic rings. The summed E-state index contributed by atoms with van der Waals surface area (Å²) in [6.07, 6.45) is -2.14. The molecule has 1 unspecified atom stereocenters. The number of imidazole rings is 1. The maximum Gasteiger partial charge on any atom is 0.459 e. The lowest BCUT2D eigenvalue weighted by atomic mass is 9.99. The number of alkyl halides is 2. The van der Waals surface area contributed by atoms with Crippen molar-refractivity contribution in [3.8, 4) is 5.75 Å². The molecule has 2 aliphatic heterocycles. The second-order valence-corrected chi connectivity index (χ2v) is 13.2. The number of nitrogens with one attached hydrogen (secondary N) is 1. The molecule has 2 fully saturated rings. The third-order valence-corrected chi connectivity index (χ3v) is 9.47. The zero-order valence-electron chi connectivity index (χ0n) is 24.9. The Bertz CT molecular complexity index is 1510. The number of esters is 1. The first kappa shape index (κ1) is 32.5. The topological polar surface area (TPSA) is 150 Å². The first-order valence-corrected chi connectivity index (χ1v) is 16.5. The molecule has 2 aromatic heterocycles. The molecule has 1 aromatic carbocycles. The molecule has 0 spiro atoms. The van der Waals surface area contributed by atoms with Gasteiger partial charge in [-0.2, -0.15) is 5.09 Å². The minimum absolute atomic E-state index is 0.176. The Labute approximate surface area is 259 Å². The van der Waals surface area contributed by atoms with Gasteiger partial charge in [0.1, 0.15) is 29.3 Å². The van der Waals surface area contributed by atoms with Gasteiger partial charge >= 0.3 is 13.7 Å². The summed E-state index contributed by atoms with van der Waals surface area (Å²) in [5, 5.41) is 13.7. The van der Waals surface area contributed by atoms with E-state index in [1.807, 2.05) is 0 Å². The monoisotopic (exact) mass is 654 g/mol. The highest BCUT2D eigenvalue weighted by Gasteiger charge is 2.57. The van der Waals surface area contributed by atoms with Crippen molar-refractivity contribution in [3.05, 3.63) is 42.5 Å². The van der Waals surface area contributed by atoms with Gasteiger partial charge in [-0.1, -0.05) is 18.2 Å². The van der Waals surface area contributed by atoms with Crippen molar-refractivity contribution >= 4 is 42.3 Å². The fourth-order valence-electron chi connectivity index (χ4n) is 5.17. The number of ether oxygens (including phenoxy) is 2. The zero-order valence-corrected chi connectivity index (χ0v) is 26.6. The van der Waals surface area contributed by atoms with E-state index in [2.05, 4.69) is 24.9 Å². The largest absolute Gasteiger partial charge is 0.462 e. The fourth-order valence-corrected chi connectivity index (χ4v) is 7.02. The summed E-state index contributed by atoms with van der Waals surface area (Å²) >= 11 is 6.29. The van der Waals surface area contributed by atoms with Crippen molar-refractivity contribution < 1.29 is 37.4 Å². The molecule has 4 heterocycles. The highest BCUT2D eigenvalue weighted by molar-refractivity contribution is 7.52. The predicted molar refractivity (Wildman–Crippen MR) is 160 cm³/mol. The van der Waals surface area contributed by atoms with Crippen LogP contribution in [0.15, 0.2) is 36.7 Å². The summed E-state index contributed by atoms with van der Waals surface area (Å²) in [5.41, 5.74) is -1.04. The molecule has 16 heteroatoms. The number of aliphatic hydroxyl groups is 1. The number of fused-ring (bicyclic) bond motifs is 1. The number of carbonyl (C=O) groups is 1. The van der Waals surface area contributed by atoms with Crippen LogP contribution in [0.4, 0.5) is 10.2 Å². The van der Waals surface area contributed by atoms with Crippen LogP contribution >= 0.6 is 19.3 Å². The van der Waals surface area contributed by atoms with E-state index >= 15 is 4.39 Å². The number of halogens is 2. The number of nitrogens with zero attached hydrogens (tertiary/aromatic N) is 5. The highest BCUT2D eigenvalue weighted by atomic mass is 35.5. The van der Waals surface area contributed by atoms with Gasteiger partial charge in [-0.05, 0) is 52.7 Å². The Morgan fingerprint density at radius 3 is 2.61 bits per heavy atom. The summed E-state index contributed by atoms with van der Waals surface area (Å²) in [7, 11) is -4.36. The number of hydrogen-bond donors (Lipinski definition) is 2. The summed E-state index contributed by atoms with van der Waals surface area (Å²) in [5.74, 6) is 0.180. The molecule has 0 amide bonds. The number of hydrogen-bond acceptors (Lipinski definition) is 11. The number of rotatable bonds is 12. The van der Waals surface area contributed by atoms with Crippen LogP contribution in [0.3, 0.4) is 0 Å². The van der Waals surface area contributed by atoms with E-state index in [9.17, 15) is 14.5 Å². The third kappa shape index (κ3) is 6.70. The Hall–Kier alpha value is -2.87. The average Bonchev–Trinajstić information content (AvgIpc) is 3.72. The minimum atomic E-state index is -4.36. The predicted octanol–water partition coefficient (Wildman–Crippen LogP) is 4.07. The molecule has 0 aliphatic carbocycles. The van der Waals surface area contributed by atoms with E-state index in [1.165, 1.54) is 17.8 Å². The lowest BCUT2D eigenvalue weighted by Gasteiger charge is -2.31. The van der Waals surface area contributed by atoms with Crippen LogP contribution in [-0.2, 0) is 23.4 Å². The molecule has 2 saturated heterocycles. The number of benzene rings is 1. The smallest absolute Gasteiger partial charge is 0.459 e. The van der Waals surface area contributed by atoms with Crippen LogP contribution in [0.25, 0.3) is 11.2 Å². The minimum Gasteiger partial charge on any atom is -0.462 e. The lowest BCUT2D eigenvalue weighted by Crippen LogP contribution is -2.48. The van der Waals surface area contributed by atoms with Gasteiger partial charge in [-0.25, -0.2) is 23.9 Å². The van der Waals surface area contributed by atoms with E-state index in [1.54, 1.807) is 51.1 Å². The van der Waals surface area contributed by atoms with Gasteiger partial charge in [0.15, 0.2) is 29.4 Å². The molecule has 44 heavy (non-hydrogen) atoms. The second kappa shape index (κ2) is 13.2. The molecule has 0 bridgehead atoms. The Kier molecular flexibility index (Phi) is 9.78. The zero-order chi connectivity index (χ0) is 31.6. The summed E-state index contributed by atoms with van der Waals surface area (Å²) in [6.45, 7) is 7.52. The van der Waals surface area contributed by atoms with Gasteiger partial charge in [0.05, 0.1) is 24.9 Å². The molecule has 2 N–H and O–H groups in total. The van der Waals surface area contributed by atoms with Crippen LogP contribution in [0.2, 0.25) is 0 Å². The van der Waals surface area contributed by atoms with Crippen molar-refractivity contribution in [2.45, 2.75) is 76.8 Å². The number of aliphatic hydroxyl groups excluding tert-OH is 1. The number of carbonyl (C=O) groups excluding carboxylic acids is 1. The van der Waals surface area contributed by atoms with Gasteiger partial charge < -0.3 is 24.0 Å². The maximum absolute atomic E-state index is 15.9. The van der Waals surface area contributed by atoms with Gasteiger partial charge in [0, 0.05) is 13.1 Å². The molecule has 0 radical (unpaired) electrons. The van der Waals surface area contributed by atoms with E-state index in [4.69, 9.17) is 30.1 Å². The van der Waals surface area contributed by atoms with Crippen LogP contribution in [0.5, 0.6) is 5.75 Å². The van der Waals surface area contributed by atoms with Crippen molar-refractivity contribution in [2.24, 2.45) is 0 Å². The van der Waals surface area contributed by atoms with Gasteiger partial charge in [0.25, 0.3) is 0 Å². The standard InChI is InChI=1S/C28H37ClFN6O7P/c1-17(2)41-27(38)18(3)34-44(39,43-20-10-6-5-7-11-20)40-15-28(14-29)23(37)21(30)26(42-28)36-16-31-22-24(35-12-8-9-13-35)32-19(4)33-25(22)36/h5-7,10-11,16-18,21,23,26,37H,8-9,12-15H2,1-4H3,(H,34,39)/t18-,21+,23-,26+,28+,44?/m0/s1. The Morgan fingerprint density at radius 1 is 1.25 bits per heavy atom. The van der Waals surface area contributed by atoms with E-state index < -0.39 is 62.5 Å². The van der Waals surface area contributed by atoms with Crippen LogP contribution in [-0.4, -0.2) is 86.2 Å². The van der Waals surface area contributed by atoms with E-state index in [0.717, 1.165) is 25.9 Å². The first-order valence-electron chi connectivity index (χ1n) is 14.4. The molecular weight excluding hydrogens is 618 g/mol. The van der Waals surface area contributed by atoms with Crippen molar-refractivity contribution in [2.75, 3.05) is 30.5 Å².